The molecule has 0 saturated carbocycles. The second-order valence-electron chi connectivity index (χ2n) is 5.16. The van der Waals surface area contributed by atoms with E-state index in [9.17, 15) is 9.18 Å². The van der Waals surface area contributed by atoms with Crippen LogP contribution < -0.4 is 5.32 Å². The summed E-state index contributed by atoms with van der Waals surface area (Å²) in [5, 5.41) is 3.92. The molecule has 2 nitrogen and oxygen atoms in total. The van der Waals surface area contributed by atoms with Gasteiger partial charge in [-0.15, -0.1) is 11.3 Å². The summed E-state index contributed by atoms with van der Waals surface area (Å²) in [6, 6.07) is 10.1. The van der Waals surface area contributed by atoms with E-state index >= 15 is 0 Å². The maximum absolute atomic E-state index is 13.3. The van der Waals surface area contributed by atoms with E-state index in [0.717, 1.165) is 16.8 Å². The SMILES string of the molecule is Cc1ccc(NC(=O)c2sc3cc(F)ccc3c2Cl)c(C)c1. The van der Waals surface area contributed by atoms with Gasteiger partial charge in [-0.05, 0) is 43.7 Å². The summed E-state index contributed by atoms with van der Waals surface area (Å²) < 4.78 is 13.9. The number of nitrogens with one attached hydrogen (secondary N) is 1. The third-order valence-electron chi connectivity index (χ3n) is 3.43. The molecule has 3 aromatic rings. The summed E-state index contributed by atoms with van der Waals surface area (Å²) in [5.74, 6) is -0.620. The first-order valence-corrected chi connectivity index (χ1v) is 7.91. The number of benzene rings is 2. The van der Waals surface area contributed by atoms with Gasteiger partial charge in [-0.3, -0.25) is 4.79 Å². The molecule has 112 valence electrons. The van der Waals surface area contributed by atoms with Crippen LogP contribution in [0.5, 0.6) is 0 Å². The third kappa shape index (κ3) is 2.72. The van der Waals surface area contributed by atoms with Crippen molar-refractivity contribution in [1.29, 1.82) is 0 Å². The average Bonchev–Trinajstić information content (AvgIpc) is 2.78. The minimum Gasteiger partial charge on any atom is -0.321 e. The fraction of sp³-hybridized carbons (Fsp3) is 0.118. The van der Waals surface area contributed by atoms with Crippen LogP contribution in [0, 0.1) is 19.7 Å². The van der Waals surface area contributed by atoms with Gasteiger partial charge in [-0.1, -0.05) is 29.3 Å². The van der Waals surface area contributed by atoms with Crippen LogP contribution in [0.4, 0.5) is 10.1 Å². The maximum atomic E-state index is 13.3. The number of hydrogen-bond acceptors (Lipinski definition) is 2. The zero-order chi connectivity index (χ0) is 15.9. The summed E-state index contributed by atoms with van der Waals surface area (Å²) >= 11 is 7.45. The van der Waals surface area contributed by atoms with Gasteiger partial charge in [0.15, 0.2) is 0 Å². The zero-order valence-corrected chi connectivity index (χ0v) is 13.6. The van der Waals surface area contributed by atoms with Crippen LogP contribution in [0.3, 0.4) is 0 Å². The van der Waals surface area contributed by atoms with Crippen molar-refractivity contribution in [2.75, 3.05) is 5.32 Å². The highest BCUT2D eigenvalue weighted by molar-refractivity contribution is 7.21. The lowest BCUT2D eigenvalue weighted by Gasteiger charge is -2.08. The molecule has 0 spiro atoms. The molecule has 3 rings (SSSR count). The van der Waals surface area contributed by atoms with Crippen molar-refractivity contribution in [1.82, 2.24) is 0 Å². The predicted molar refractivity (Wildman–Crippen MR) is 90.7 cm³/mol. The van der Waals surface area contributed by atoms with Gasteiger partial charge in [0, 0.05) is 15.8 Å². The smallest absolute Gasteiger partial charge is 0.267 e. The maximum Gasteiger partial charge on any atom is 0.267 e. The molecule has 0 radical (unpaired) electrons. The number of hydrogen-bond donors (Lipinski definition) is 1. The van der Waals surface area contributed by atoms with Gasteiger partial charge in [0.2, 0.25) is 0 Å². The van der Waals surface area contributed by atoms with Crippen LogP contribution in [0.2, 0.25) is 5.02 Å². The summed E-state index contributed by atoms with van der Waals surface area (Å²) in [6.07, 6.45) is 0. The number of aryl methyl sites for hydroxylation is 2. The number of carbonyl (C=O) groups excluding carboxylic acids is 1. The number of amides is 1. The second-order valence-corrected chi connectivity index (χ2v) is 6.59. The lowest BCUT2D eigenvalue weighted by atomic mass is 10.1. The Morgan fingerprint density at radius 3 is 2.68 bits per heavy atom. The lowest BCUT2D eigenvalue weighted by Crippen LogP contribution is -2.11. The van der Waals surface area contributed by atoms with E-state index in [4.69, 9.17) is 11.6 Å². The standard InChI is InChI=1S/C17H13ClFNOS/c1-9-3-6-13(10(2)7-9)20-17(21)16-15(18)12-5-4-11(19)8-14(12)22-16/h3-8H,1-2H3,(H,20,21). The van der Waals surface area contributed by atoms with Crippen LogP contribution >= 0.6 is 22.9 Å². The highest BCUT2D eigenvalue weighted by atomic mass is 35.5. The van der Waals surface area contributed by atoms with E-state index < -0.39 is 0 Å². The third-order valence-corrected chi connectivity index (χ3v) is 5.08. The van der Waals surface area contributed by atoms with Gasteiger partial charge < -0.3 is 5.32 Å². The van der Waals surface area contributed by atoms with Gasteiger partial charge in [0.05, 0.1) is 5.02 Å². The van der Waals surface area contributed by atoms with Crippen molar-refractivity contribution in [3.63, 3.8) is 0 Å². The Hall–Kier alpha value is -1.91. The fourth-order valence-electron chi connectivity index (χ4n) is 2.32. The minimum absolute atomic E-state index is 0.279. The number of halogens is 2. The molecule has 0 aliphatic heterocycles. The molecule has 0 aliphatic carbocycles. The Bertz CT molecular complexity index is 888. The number of fused-ring (bicyclic) bond motifs is 1. The number of rotatable bonds is 2. The van der Waals surface area contributed by atoms with Crippen LogP contribution in [-0.4, -0.2) is 5.91 Å². The van der Waals surface area contributed by atoms with Gasteiger partial charge in [-0.2, -0.15) is 0 Å². The summed E-state index contributed by atoms with van der Waals surface area (Å²) in [5.41, 5.74) is 2.86. The molecule has 22 heavy (non-hydrogen) atoms. The van der Waals surface area contributed by atoms with Crippen LogP contribution in [-0.2, 0) is 0 Å². The highest BCUT2D eigenvalue weighted by Crippen LogP contribution is 2.36. The molecular weight excluding hydrogens is 321 g/mol. The molecule has 0 atom stereocenters. The molecule has 1 heterocycles. The molecule has 0 fully saturated rings. The lowest BCUT2D eigenvalue weighted by molar-refractivity contribution is 0.103. The van der Waals surface area contributed by atoms with Crippen molar-refractivity contribution >= 4 is 44.6 Å². The van der Waals surface area contributed by atoms with Crippen molar-refractivity contribution < 1.29 is 9.18 Å². The average molecular weight is 334 g/mol. The second kappa shape index (κ2) is 5.71. The number of carbonyl (C=O) groups is 1. The number of thiophene rings is 1. The summed E-state index contributed by atoms with van der Waals surface area (Å²) in [4.78, 5) is 12.8. The van der Waals surface area contributed by atoms with Crippen LogP contribution in [0.25, 0.3) is 10.1 Å². The Labute approximate surface area is 136 Å². The summed E-state index contributed by atoms with van der Waals surface area (Å²) in [7, 11) is 0. The Balaban J connectivity index is 1.97. The van der Waals surface area contributed by atoms with Crippen LogP contribution in [0.15, 0.2) is 36.4 Å². The van der Waals surface area contributed by atoms with Gasteiger partial charge in [-0.25, -0.2) is 4.39 Å². The molecule has 1 amide bonds. The first kappa shape index (κ1) is 15.0. The molecule has 1 aromatic heterocycles. The Morgan fingerprint density at radius 2 is 1.95 bits per heavy atom. The largest absolute Gasteiger partial charge is 0.321 e. The van der Waals surface area contributed by atoms with Crippen molar-refractivity contribution in [2.24, 2.45) is 0 Å². The monoisotopic (exact) mass is 333 g/mol. The molecule has 0 aliphatic rings. The Kier molecular flexibility index (Phi) is 3.89. The molecule has 1 N–H and O–H groups in total. The normalized spacial score (nSPS) is 10.9. The first-order valence-electron chi connectivity index (χ1n) is 6.72. The molecular formula is C17H13ClFNOS. The van der Waals surface area contributed by atoms with E-state index in [1.54, 1.807) is 6.07 Å². The van der Waals surface area contributed by atoms with Crippen molar-refractivity contribution in [3.8, 4) is 0 Å². The Morgan fingerprint density at radius 1 is 1.18 bits per heavy atom. The topological polar surface area (TPSA) is 29.1 Å². The van der Waals surface area contributed by atoms with Gasteiger partial charge in [0.1, 0.15) is 10.7 Å². The summed E-state index contributed by atoms with van der Waals surface area (Å²) in [6.45, 7) is 3.93. The first-order chi connectivity index (χ1) is 10.5. The van der Waals surface area contributed by atoms with Crippen molar-refractivity contribution in [2.45, 2.75) is 13.8 Å². The predicted octanol–water partition coefficient (Wildman–Crippen LogP) is 5.56. The van der Waals surface area contributed by atoms with E-state index in [1.807, 2.05) is 32.0 Å². The number of anilines is 1. The fourth-order valence-corrected chi connectivity index (χ4v) is 3.76. The molecule has 0 bridgehead atoms. The van der Waals surface area contributed by atoms with E-state index in [0.29, 0.717) is 20.0 Å². The van der Waals surface area contributed by atoms with Crippen molar-refractivity contribution in [3.05, 3.63) is 63.2 Å². The quantitative estimate of drug-likeness (QED) is 0.653. The molecule has 5 heteroatoms. The van der Waals surface area contributed by atoms with Crippen LogP contribution in [0.1, 0.15) is 20.8 Å². The molecule has 2 aromatic carbocycles. The van der Waals surface area contributed by atoms with Gasteiger partial charge >= 0.3 is 0 Å². The van der Waals surface area contributed by atoms with Gasteiger partial charge in [0.25, 0.3) is 5.91 Å². The van der Waals surface area contributed by atoms with E-state index in [-0.39, 0.29) is 11.7 Å². The zero-order valence-electron chi connectivity index (χ0n) is 12.0. The molecule has 0 saturated heterocycles. The highest BCUT2D eigenvalue weighted by Gasteiger charge is 2.18. The van der Waals surface area contributed by atoms with E-state index in [1.165, 1.54) is 23.5 Å². The molecule has 0 unspecified atom stereocenters. The minimum atomic E-state index is -0.341. The van der Waals surface area contributed by atoms with E-state index in [2.05, 4.69) is 5.32 Å².